The van der Waals surface area contributed by atoms with Crippen molar-refractivity contribution < 1.29 is 19.1 Å². The fraction of sp³-hybridized carbons (Fsp3) is 0.294. The Morgan fingerprint density at radius 2 is 2.12 bits per heavy atom. The summed E-state index contributed by atoms with van der Waals surface area (Å²) >= 11 is 1.15. The average molecular weight is 374 g/mol. The van der Waals surface area contributed by atoms with Crippen LogP contribution in [0.4, 0.5) is 16.4 Å². The monoisotopic (exact) mass is 374 g/mol. The zero-order valence-corrected chi connectivity index (χ0v) is 15.3. The van der Waals surface area contributed by atoms with Crippen molar-refractivity contribution in [1.82, 2.24) is 4.37 Å². The lowest BCUT2D eigenvalue weighted by Gasteiger charge is -2.30. The van der Waals surface area contributed by atoms with Gasteiger partial charge in [0.15, 0.2) is 6.10 Å². The van der Waals surface area contributed by atoms with Crippen LogP contribution in [0.1, 0.15) is 23.0 Å². The molecule has 0 spiro atoms. The molecule has 2 N–H and O–H groups in total. The minimum atomic E-state index is -1.05. The smallest absolute Gasteiger partial charge is 0.343 e. The minimum Gasteiger partial charge on any atom is -0.449 e. The molecule has 0 fully saturated rings. The number of esters is 1. The van der Waals surface area contributed by atoms with Gasteiger partial charge in [-0.3, -0.25) is 14.5 Å². The lowest BCUT2D eigenvalue weighted by atomic mass is 10.1. The number of anilines is 3. The highest BCUT2D eigenvalue weighted by atomic mass is 32.1. The summed E-state index contributed by atoms with van der Waals surface area (Å²) in [5.41, 5.74) is 1.97. The van der Waals surface area contributed by atoms with E-state index in [0.717, 1.165) is 11.5 Å². The van der Waals surface area contributed by atoms with E-state index in [4.69, 9.17) is 4.74 Å². The number of carbonyl (C=O) groups is 3. The number of aromatic nitrogens is 1. The van der Waals surface area contributed by atoms with Gasteiger partial charge in [-0.15, -0.1) is 0 Å². The number of hydrogen-bond acceptors (Lipinski definition) is 7. The van der Waals surface area contributed by atoms with E-state index in [9.17, 15) is 14.4 Å². The van der Waals surface area contributed by atoms with Crippen LogP contribution in [0.3, 0.4) is 0 Å². The van der Waals surface area contributed by atoms with Crippen molar-refractivity contribution in [3.8, 4) is 0 Å². The third kappa shape index (κ3) is 3.25. The molecular weight excluding hydrogens is 356 g/mol. The van der Waals surface area contributed by atoms with E-state index in [0.29, 0.717) is 27.6 Å². The Morgan fingerprint density at radius 3 is 2.85 bits per heavy atom. The molecule has 26 heavy (non-hydrogen) atoms. The highest BCUT2D eigenvalue weighted by Gasteiger charge is 2.32. The van der Waals surface area contributed by atoms with Crippen molar-refractivity contribution in [2.45, 2.75) is 20.0 Å². The summed E-state index contributed by atoms with van der Waals surface area (Å²) in [4.78, 5) is 38.5. The lowest BCUT2D eigenvalue weighted by Crippen LogP contribution is -2.47. The van der Waals surface area contributed by atoms with Gasteiger partial charge in [0.05, 0.1) is 17.1 Å². The molecule has 9 heteroatoms. The molecule has 1 aliphatic rings. The lowest BCUT2D eigenvalue weighted by molar-refractivity contribution is -0.128. The third-order valence-corrected chi connectivity index (χ3v) is 4.92. The molecule has 0 saturated heterocycles. The number of hydrogen-bond donors (Lipinski definition) is 2. The predicted molar refractivity (Wildman–Crippen MR) is 98.7 cm³/mol. The topological polar surface area (TPSA) is 101 Å². The predicted octanol–water partition coefficient (Wildman–Crippen LogP) is 2.02. The molecule has 0 aliphatic carbocycles. The van der Waals surface area contributed by atoms with Gasteiger partial charge in [0.1, 0.15) is 17.1 Å². The van der Waals surface area contributed by atoms with Crippen molar-refractivity contribution in [1.29, 1.82) is 0 Å². The molecular formula is C17H18N4O4S. The van der Waals surface area contributed by atoms with E-state index in [1.54, 1.807) is 38.2 Å². The average Bonchev–Trinajstić information content (AvgIpc) is 3.00. The van der Waals surface area contributed by atoms with Gasteiger partial charge in [0.2, 0.25) is 5.91 Å². The Labute approximate surface area is 154 Å². The van der Waals surface area contributed by atoms with Crippen LogP contribution in [-0.2, 0) is 14.3 Å². The number of aryl methyl sites for hydroxylation is 1. The SMILES string of the molecule is CNc1snc(C)c1C(=O)O[C@H](C)C(=O)N1CC(=O)Nc2ccccc21. The second kappa shape index (κ2) is 7.12. The molecule has 0 saturated carbocycles. The van der Waals surface area contributed by atoms with Gasteiger partial charge in [0.25, 0.3) is 5.91 Å². The molecule has 1 aliphatic heterocycles. The van der Waals surface area contributed by atoms with Gasteiger partial charge in [-0.25, -0.2) is 4.79 Å². The summed E-state index contributed by atoms with van der Waals surface area (Å²) in [6, 6.07) is 6.98. The number of rotatable bonds is 4. The molecule has 3 rings (SSSR count). The standard InChI is InChI=1S/C17H18N4O4S/c1-9-14(15(18-3)26-20-9)17(24)25-10(2)16(23)21-8-13(22)19-11-6-4-5-7-12(11)21/h4-7,10,18H,8H2,1-3H3,(H,19,22)/t10-/m1/s1. The largest absolute Gasteiger partial charge is 0.449 e. The molecule has 1 atom stereocenters. The van der Waals surface area contributed by atoms with Crippen molar-refractivity contribution in [3.63, 3.8) is 0 Å². The van der Waals surface area contributed by atoms with Crippen molar-refractivity contribution >= 4 is 45.7 Å². The second-order valence-electron chi connectivity index (χ2n) is 5.76. The van der Waals surface area contributed by atoms with Gasteiger partial charge in [0, 0.05) is 7.05 Å². The second-order valence-corrected chi connectivity index (χ2v) is 6.53. The minimum absolute atomic E-state index is 0.126. The number of carbonyl (C=O) groups excluding carboxylic acids is 3. The van der Waals surface area contributed by atoms with Crippen LogP contribution >= 0.6 is 11.5 Å². The molecule has 2 amide bonds. The first-order chi connectivity index (χ1) is 12.4. The van der Waals surface area contributed by atoms with Crippen LogP contribution in [-0.4, -0.2) is 41.9 Å². The van der Waals surface area contributed by atoms with E-state index in [1.165, 1.54) is 11.8 Å². The third-order valence-electron chi connectivity index (χ3n) is 3.96. The number of fused-ring (bicyclic) bond motifs is 1. The summed E-state index contributed by atoms with van der Waals surface area (Å²) in [5, 5.41) is 6.18. The zero-order chi connectivity index (χ0) is 18.8. The van der Waals surface area contributed by atoms with E-state index >= 15 is 0 Å². The number of amides is 2. The molecule has 0 radical (unpaired) electrons. The fourth-order valence-corrected chi connectivity index (χ4v) is 3.43. The van der Waals surface area contributed by atoms with E-state index in [2.05, 4.69) is 15.0 Å². The van der Waals surface area contributed by atoms with Crippen LogP contribution in [0.25, 0.3) is 0 Å². The van der Waals surface area contributed by atoms with Crippen LogP contribution in [0.5, 0.6) is 0 Å². The van der Waals surface area contributed by atoms with Gasteiger partial charge in [-0.2, -0.15) is 4.37 Å². The fourth-order valence-electron chi connectivity index (χ4n) is 2.70. The molecule has 0 bridgehead atoms. The first-order valence-electron chi connectivity index (χ1n) is 7.97. The van der Waals surface area contributed by atoms with Crippen LogP contribution < -0.4 is 15.5 Å². The van der Waals surface area contributed by atoms with Gasteiger partial charge >= 0.3 is 5.97 Å². The van der Waals surface area contributed by atoms with Crippen molar-refractivity contribution in [2.75, 3.05) is 29.1 Å². The number of nitrogens with zero attached hydrogens (tertiary/aromatic N) is 2. The molecule has 136 valence electrons. The van der Waals surface area contributed by atoms with Gasteiger partial charge < -0.3 is 15.4 Å². The number of benzene rings is 1. The Hall–Kier alpha value is -2.94. The molecule has 8 nitrogen and oxygen atoms in total. The van der Waals surface area contributed by atoms with Crippen molar-refractivity contribution in [2.24, 2.45) is 0 Å². The highest BCUT2D eigenvalue weighted by molar-refractivity contribution is 7.10. The van der Waals surface area contributed by atoms with Gasteiger partial charge in [-0.1, -0.05) is 12.1 Å². The summed E-state index contributed by atoms with van der Waals surface area (Å²) in [6.07, 6.45) is -1.05. The van der Waals surface area contributed by atoms with Crippen LogP contribution in [0.2, 0.25) is 0 Å². The number of ether oxygens (including phenoxy) is 1. The maximum atomic E-state index is 12.8. The quantitative estimate of drug-likeness (QED) is 0.794. The molecule has 2 heterocycles. The summed E-state index contributed by atoms with van der Waals surface area (Å²) in [7, 11) is 1.68. The van der Waals surface area contributed by atoms with E-state index < -0.39 is 18.0 Å². The molecule has 1 aromatic heterocycles. The summed E-state index contributed by atoms with van der Waals surface area (Å²) in [6.45, 7) is 3.06. The molecule has 0 unspecified atom stereocenters. The Morgan fingerprint density at radius 1 is 1.38 bits per heavy atom. The first-order valence-corrected chi connectivity index (χ1v) is 8.75. The van der Waals surface area contributed by atoms with E-state index in [1.807, 2.05) is 0 Å². The normalized spacial score (nSPS) is 14.3. The maximum Gasteiger partial charge on any atom is 0.343 e. The Balaban J connectivity index is 1.79. The van der Waals surface area contributed by atoms with Crippen LogP contribution in [0.15, 0.2) is 24.3 Å². The highest BCUT2D eigenvalue weighted by Crippen LogP contribution is 2.30. The Kier molecular flexibility index (Phi) is 4.90. The van der Waals surface area contributed by atoms with Crippen molar-refractivity contribution in [3.05, 3.63) is 35.5 Å². The molecule has 1 aromatic carbocycles. The van der Waals surface area contributed by atoms with Gasteiger partial charge in [-0.05, 0) is 37.5 Å². The number of para-hydroxylation sites is 2. The summed E-state index contributed by atoms with van der Waals surface area (Å²) in [5.74, 6) is -1.39. The summed E-state index contributed by atoms with van der Waals surface area (Å²) < 4.78 is 9.47. The van der Waals surface area contributed by atoms with Crippen LogP contribution in [0, 0.1) is 6.92 Å². The molecule has 2 aromatic rings. The zero-order valence-electron chi connectivity index (χ0n) is 14.5. The maximum absolute atomic E-state index is 12.8. The number of nitrogens with one attached hydrogen (secondary N) is 2. The Bertz CT molecular complexity index is 879. The first kappa shape index (κ1) is 17.9. The van der Waals surface area contributed by atoms with E-state index in [-0.39, 0.29) is 12.5 Å².